The fourth-order valence-corrected chi connectivity index (χ4v) is 1.98. The maximum atomic E-state index is 13.0. The van der Waals surface area contributed by atoms with Crippen molar-refractivity contribution in [3.63, 3.8) is 0 Å². The number of hydrogen-bond acceptors (Lipinski definition) is 2. The van der Waals surface area contributed by atoms with Crippen molar-refractivity contribution in [2.75, 3.05) is 6.54 Å². The molecule has 0 fully saturated rings. The molecule has 0 aliphatic carbocycles. The van der Waals surface area contributed by atoms with E-state index in [4.69, 9.17) is 0 Å². The van der Waals surface area contributed by atoms with Crippen LogP contribution < -0.4 is 5.32 Å². The van der Waals surface area contributed by atoms with Gasteiger partial charge in [-0.3, -0.25) is 0 Å². The van der Waals surface area contributed by atoms with Crippen LogP contribution in [0.5, 0.6) is 0 Å². The van der Waals surface area contributed by atoms with Crippen molar-refractivity contribution in [2.45, 2.75) is 26.4 Å². The second kappa shape index (κ2) is 6.43. The standard InChI is InChI=1S/C14H17F2N3/c1-2-19-10-18-9-14(19)8-17-4-3-11-5-12(15)7-13(16)6-11/h5-7,9-10,17H,2-4,8H2,1H3. The zero-order chi connectivity index (χ0) is 13.7. The van der Waals surface area contributed by atoms with Crippen LogP contribution in [0.3, 0.4) is 0 Å². The van der Waals surface area contributed by atoms with Gasteiger partial charge in [0.05, 0.1) is 12.0 Å². The first-order chi connectivity index (χ1) is 9.19. The molecule has 1 heterocycles. The Bertz CT molecular complexity index is 517. The van der Waals surface area contributed by atoms with Crippen LogP contribution in [0.2, 0.25) is 0 Å². The van der Waals surface area contributed by atoms with Crippen molar-refractivity contribution < 1.29 is 8.78 Å². The van der Waals surface area contributed by atoms with Gasteiger partial charge in [0.1, 0.15) is 11.6 Å². The van der Waals surface area contributed by atoms with Crippen LogP contribution in [0.1, 0.15) is 18.2 Å². The van der Waals surface area contributed by atoms with Crippen molar-refractivity contribution in [2.24, 2.45) is 0 Å². The van der Waals surface area contributed by atoms with Crippen LogP contribution >= 0.6 is 0 Å². The number of aryl methyl sites for hydroxylation is 1. The first-order valence-corrected chi connectivity index (χ1v) is 6.33. The molecule has 0 aliphatic rings. The lowest BCUT2D eigenvalue weighted by Gasteiger charge is -2.07. The van der Waals surface area contributed by atoms with Gasteiger partial charge in [-0.15, -0.1) is 0 Å². The number of aromatic nitrogens is 2. The first-order valence-electron chi connectivity index (χ1n) is 6.33. The molecule has 0 amide bonds. The topological polar surface area (TPSA) is 29.9 Å². The zero-order valence-corrected chi connectivity index (χ0v) is 10.9. The molecule has 0 saturated carbocycles. The van der Waals surface area contributed by atoms with Crippen molar-refractivity contribution in [3.8, 4) is 0 Å². The van der Waals surface area contributed by atoms with Gasteiger partial charge >= 0.3 is 0 Å². The molecule has 0 radical (unpaired) electrons. The molecule has 1 aromatic heterocycles. The fraction of sp³-hybridized carbons (Fsp3) is 0.357. The third kappa shape index (κ3) is 3.86. The number of nitrogens with zero attached hydrogens (tertiary/aromatic N) is 2. The maximum absolute atomic E-state index is 13.0. The minimum Gasteiger partial charge on any atom is -0.334 e. The fourth-order valence-electron chi connectivity index (χ4n) is 1.98. The normalized spacial score (nSPS) is 10.9. The van der Waals surface area contributed by atoms with Crippen LogP contribution in [0.4, 0.5) is 8.78 Å². The highest BCUT2D eigenvalue weighted by atomic mass is 19.1. The van der Waals surface area contributed by atoms with E-state index in [2.05, 4.69) is 21.8 Å². The van der Waals surface area contributed by atoms with Crippen LogP contribution in [0.15, 0.2) is 30.7 Å². The average Bonchev–Trinajstić information content (AvgIpc) is 2.81. The summed E-state index contributed by atoms with van der Waals surface area (Å²) in [5.41, 5.74) is 1.77. The molecule has 0 spiro atoms. The average molecular weight is 265 g/mol. The Morgan fingerprint density at radius 2 is 1.95 bits per heavy atom. The molecular weight excluding hydrogens is 248 g/mol. The van der Waals surface area contributed by atoms with E-state index in [0.29, 0.717) is 25.1 Å². The summed E-state index contributed by atoms with van der Waals surface area (Å²) in [7, 11) is 0. The molecule has 1 N–H and O–H groups in total. The summed E-state index contributed by atoms with van der Waals surface area (Å²) in [6.07, 6.45) is 4.20. The number of halogens is 2. The van der Waals surface area contributed by atoms with Gasteiger partial charge in [-0.2, -0.15) is 0 Å². The quantitative estimate of drug-likeness (QED) is 0.813. The summed E-state index contributed by atoms with van der Waals surface area (Å²) >= 11 is 0. The lowest BCUT2D eigenvalue weighted by molar-refractivity contribution is 0.576. The molecule has 1 aromatic carbocycles. The van der Waals surface area contributed by atoms with E-state index in [-0.39, 0.29) is 0 Å². The largest absolute Gasteiger partial charge is 0.334 e. The van der Waals surface area contributed by atoms with E-state index in [1.54, 1.807) is 6.33 Å². The smallest absolute Gasteiger partial charge is 0.126 e. The number of benzene rings is 1. The summed E-state index contributed by atoms with van der Waals surface area (Å²) < 4.78 is 28.0. The summed E-state index contributed by atoms with van der Waals surface area (Å²) in [6.45, 7) is 4.30. The predicted octanol–water partition coefficient (Wildman–Crippen LogP) is 2.51. The first kappa shape index (κ1) is 13.7. The summed E-state index contributed by atoms with van der Waals surface area (Å²) in [5, 5.41) is 3.24. The lowest BCUT2D eigenvalue weighted by atomic mass is 10.1. The highest BCUT2D eigenvalue weighted by Crippen LogP contribution is 2.08. The Morgan fingerprint density at radius 1 is 1.21 bits per heavy atom. The third-order valence-corrected chi connectivity index (χ3v) is 2.96. The van der Waals surface area contributed by atoms with Gasteiger partial charge in [0.15, 0.2) is 0 Å². The summed E-state index contributed by atoms with van der Waals surface area (Å²) in [6, 6.07) is 3.61. The maximum Gasteiger partial charge on any atom is 0.126 e. The Balaban J connectivity index is 1.80. The van der Waals surface area contributed by atoms with Crippen LogP contribution in [0.25, 0.3) is 0 Å². The molecule has 5 heteroatoms. The molecule has 0 aliphatic heterocycles. The number of nitrogens with one attached hydrogen (secondary N) is 1. The molecular formula is C14H17F2N3. The second-order valence-corrected chi connectivity index (χ2v) is 4.38. The molecule has 0 saturated heterocycles. The summed E-state index contributed by atoms with van der Waals surface area (Å²) in [4.78, 5) is 4.08. The molecule has 19 heavy (non-hydrogen) atoms. The van der Waals surface area contributed by atoms with Gasteiger partial charge in [0, 0.05) is 25.4 Å². The van der Waals surface area contributed by atoms with Gasteiger partial charge in [0.2, 0.25) is 0 Å². The third-order valence-electron chi connectivity index (χ3n) is 2.96. The van der Waals surface area contributed by atoms with Crippen LogP contribution in [-0.2, 0) is 19.5 Å². The molecule has 0 unspecified atom stereocenters. The van der Waals surface area contributed by atoms with Crippen molar-refractivity contribution in [3.05, 3.63) is 53.6 Å². The molecule has 3 nitrogen and oxygen atoms in total. The van der Waals surface area contributed by atoms with Crippen molar-refractivity contribution in [1.29, 1.82) is 0 Å². The van der Waals surface area contributed by atoms with Gasteiger partial charge in [0.25, 0.3) is 0 Å². The van der Waals surface area contributed by atoms with Crippen molar-refractivity contribution >= 4 is 0 Å². The van der Waals surface area contributed by atoms with E-state index in [1.165, 1.54) is 12.1 Å². The summed E-state index contributed by atoms with van der Waals surface area (Å²) in [5.74, 6) is -1.06. The van der Waals surface area contributed by atoms with Crippen LogP contribution in [0, 0.1) is 11.6 Å². The van der Waals surface area contributed by atoms with E-state index in [1.807, 2.05) is 6.20 Å². The Labute approximate surface area is 111 Å². The molecule has 102 valence electrons. The van der Waals surface area contributed by atoms with Crippen LogP contribution in [-0.4, -0.2) is 16.1 Å². The molecule has 2 aromatic rings. The van der Waals surface area contributed by atoms with E-state index in [9.17, 15) is 8.78 Å². The van der Waals surface area contributed by atoms with Gasteiger partial charge in [-0.05, 0) is 37.6 Å². The highest BCUT2D eigenvalue weighted by Gasteiger charge is 2.02. The van der Waals surface area contributed by atoms with Gasteiger partial charge in [-0.25, -0.2) is 13.8 Å². The minimum absolute atomic E-state index is 0.529. The van der Waals surface area contributed by atoms with E-state index in [0.717, 1.165) is 18.3 Å². The number of hydrogen-bond donors (Lipinski definition) is 1. The lowest BCUT2D eigenvalue weighted by Crippen LogP contribution is -2.18. The van der Waals surface area contributed by atoms with E-state index >= 15 is 0 Å². The second-order valence-electron chi connectivity index (χ2n) is 4.38. The molecule has 0 bridgehead atoms. The Hall–Kier alpha value is -1.75. The number of imidazole rings is 1. The Kier molecular flexibility index (Phi) is 4.63. The molecule has 2 rings (SSSR count). The predicted molar refractivity (Wildman–Crippen MR) is 69.7 cm³/mol. The van der Waals surface area contributed by atoms with Crippen molar-refractivity contribution in [1.82, 2.24) is 14.9 Å². The number of rotatable bonds is 6. The zero-order valence-electron chi connectivity index (χ0n) is 10.9. The highest BCUT2D eigenvalue weighted by molar-refractivity contribution is 5.18. The van der Waals surface area contributed by atoms with Gasteiger partial charge < -0.3 is 9.88 Å². The molecule has 0 atom stereocenters. The SMILES string of the molecule is CCn1cncc1CNCCc1cc(F)cc(F)c1. The van der Waals surface area contributed by atoms with Gasteiger partial charge in [-0.1, -0.05) is 0 Å². The van der Waals surface area contributed by atoms with E-state index < -0.39 is 11.6 Å². The Morgan fingerprint density at radius 3 is 2.63 bits per heavy atom. The monoisotopic (exact) mass is 265 g/mol. The minimum atomic E-state index is -0.529.